The van der Waals surface area contributed by atoms with Crippen LogP contribution in [0.1, 0.15) is 17.6 Å². The Hall–Kier alpha value is -1.07. The van der Waals surface area contributed by atoms with Crippen LogP contribution in [0, 0.1) is 0 Å². The maximum Gasteiger partial charge on any atom is 0.264 e. The SMILES string of the molecule is FCONCc1ccccc1C(F)F. The van der Waals surface area contributed by atoms with Gasteiger partial charge in [-0.2, -0.15) is 5.48 Å². The van der Waals surface area contributed by atoms with Crippen molar-refractivity contribution >= 4 is 0 Å². The van der Waals surface area contributed by atoms with Crippen molar-refractivity contribution in [3.8, 4) is 0 Å². The van der Waals surface area contributed by atoms with E-state index in [1.54, 1.807) is 6.07 Å². The fourth-order valence-electron chi connectivity index (χ4n) is 1.08. The fraction of sp³-hybridized carbons (Fsp3) is 0.333. The van der Waals surface area contributed by atoms with Gasteiger partial charge in [0, 0.05) is 12.1 Å². The van der Waals surface area contributed by atoms with Crippen LogP contribution >= 0.6 is 0 Å². The maximum atomic E-state index is 12.4. The average Bonchev–Trinajstić information content (AvgIpc) is 2.19. The van der Waals surface area contributed by atoms with Crippen molar-refractivity contribution in [3.63, 3.8) is 0 Å². The molecular formula is C9H10F3NO. The quantitative estimate of drug-likeness (QED) is 0.589. The molecule has 0 saturated heterocycles. The van der Waals surface area contributed by atoms with Gasteiger partial charge in [-0.05, 0) is 5.56 Å². The number of nitrogens with one attached hydrogen (secondary N) is 1. The maximum absolute atomic E-state index is 12.4. The van der Waals surface area contributed by atoms with E-state index in [1.807, 2.05) is 0 Å². The van der Waals surface area contributed by atoms with E-state index < -0.39 is 13.3 Å². The summed E-state index contributed by atoms with van der Waals surface area (Å²) in [5.74, 6) is 0. The van der Waals surface area contributed by atoms with Gasteiger partial charge in [-0.3, -0.25) is 4.84 Å². The molecule has 0 aliphatic rings. The molecule has 0 spiro atoms. The van der Waals surface area contributed by atoms with E-state index in [0.717, 1.165) is 0 Å². The molecule has 5 heteroatoms. The van der Waals surface area contributed by atoms with Crippen LogP contribution < -0.4 is 5.48 Å². The number of hydroxylamine groups is 1. The smallest absolute Gasteiger partial charge is 0.264 e. The van der Waals surface area contributed by atoms with E-state index in [-0.39, 0.29) is 12.1 Å². The molecule has 0 saturated carbocycles. The molecule has 14 heavy (non-hydrogen) atoms. The van der Waals surface area contributed by atoms with Gasteiger partial charge in [0.15, 0.2) is 0 Å². The molecule has 0 aromatic heterocycles. The van der Waals surface area contributed by atoms with Gasteiger partial charge in [-0.15, -0.1) is 0 Å². The topological polar surface area (TPSA) is 21.3 Å². The first-order valence-corrected chi connectivity index (χ1v) is 4.02. The summed E-state index contributed by atoms with van der Waals surface area (Å²) in [6.45, 7) is -0.929. The summed E-state index contributed by atoms with van der Waals surface area (Å²) in [5.41, 5.74) is 2.57. The Morgan fingerprint density at radius 3 is 2.64 bits per heavy atom. The molecule has 0 atom stereocenters. The molecule has 2 nitrogen and oxygen atoms in total. The highest BCUT2D eigenvalue weighted by Gasteiger charge is 2.11. The van der Waals surface area contributed by atoms with Crippen molar-refractivity contribution in [2.45, 2.75) is 13.0 Å². The van der Waals surface area contributed by atoms with Gasteiger partial charge in [0.25, 0.3) is 6.43 Å². The number of hydrogen-bond donors (Lipinski definition) is 1. The van der Waals surface area contributed by atoms with Gasteiger partial charge in [0.2, 0.25) is 6.86 Å². The van der Waals surface area contributed by atoms with E-state index in [4.69, 9.17) is 0 Å². The predicted octanol–water partition coefficient (Wildman–Crippen LogP) is 2.57. The number of benzene rings is 1. The first-order valence-electron chi connectivity index (χ1n) is 4.02. The minimum Gasteiger partial charge on any atom is -0.268 e. The lowest BCUT2D eigenvalue weighted by atomic mass is 10.1. The van der Waals surface area contributed by atoms with Gasteiger partial charge < -0.3 is 0 Å². The molecule has 0 heterocycles. The van der Waals surface area contributed by atoms with Crippen LogP contribution in [0.3, 0.4) is 0 Å². The Morgan fingerprint density at radius 1 is 1.29 bits per heavy atom. The van der Waals surface area contributed by atoms with Gasteiger partial charge in [-0.1, -0.05) is 24.3 Å². The van der Waals surface area contributed by atoms with Gasteiger partial charge >= 0.3 is 0 Å². The molecule has 1 aromatic carbocycles. The minimum atomic E-state index is -2.53. The first-order chi connectivity index (χ1) is 6.75. The van der Waals surface area contributed by atoms with E-state index in [0.29, 0.717) is 5.56 Å². The van der Waals surface area contributed by atoms with Gasteiger partial charge in [0.05, 0.1) is 0 Å². The highest BCUT2D eigenvalue weighted by atomic mass is 19.3. The summed E-state index contributed by atoms with van der Waals surface area (Å²) in [4.78, 5) is 4.21. The molecule has 1 aromatic rings. The van der Waals surface area contributed by atoms with Crippen LogP contribution in [0.25, 0.3) is 0 Å². The Labute approximate surface area is 79.6 Å². The number of halogens is 3. The van der Waals surface area contributed by atoms with E-state index in [9.17, 15) is 13.2 Å². The average molecular weight is 205 g/mol. The molecule has 0 unspecified atom stereocenters. The van der Waals surface area contributed by atoms with E-state index in [1.165, 1.54) is 18.2 Å². The Morgan fingerprint density at radius 2 is 2.00 bits per heavy atom. The second kappa shape index (κ2) is 5.62. The van der Waals surface area contributed by atoms with Crippen molar-refractivity contribution < 1.29 is 18.0 Å². The van der Waals surface area contributed by atoms with E-state index in [2.05, 4.69) is 10.3 Å². The third-order valence-electron chi connectivity index (χ3n) is 1.71. The van der Waals surface area contributed by atoms with Crippen LogP contribution in [-0.4, -0.2) is 6.86 Å². The Bertz CT molecular complexity index is 281. The molecular weight excluding hydrogens is 195 g/mol. The molecule has 1 rings (SSSR count). The van der Waals surface area contributed by atoms with Crippen molar-refractivity contribution in [3.05, 3.63) is 35.4 Å². The summed E-state index contributed by atoms with van der Waals surface area (Å²) < 4.78 is 36.3. The zero-order valence-electron chi connectivity index (χ0n) is 7.34. The predicted molar refractivity (Wildman–Crippen MR) is 45.3 cm³/mol. The summed E-state index contributed by atoms with van der Waals surface area (Å²) in [7, 11) is 0. The number of rotatable bonds is 5. The molecule has 0 aliphatic carbocycles. The van der Waals surface area contributed by atoms with Gasteiger partial charge in [-0.25, -0.2) is 13.2 Å². The van der Waals surface area contributed by atoms with Crippen molar-refractivity contribution in [2.24, 2.45) is 0 Å². The number of alkyl halides is 3. The lowest BCUT2D eigenvalue weighted by molar-refractivity contribution is -0.0203. The first kappa shape index (κ1) is 11.0. The lowest BCUT2D eigenvalue weighted by Gasteiger charge is -2.08. The van der Waals surface area contributed by atoms with Crippen LogP contribution in [0.15, 0.2) is 24.3 Å². The fourth-order valence-corrected chi connectivity index (χ4v) is 1.08. The minimum absolute atomic E-state index is 0.0600. The second-order valence-electron chi connectivity index (χ2n) is 2.57. The van der Waals surface area contributed by atoms with Crippen molar-refractivity contribution in [1.82, 2.24) is 5.48 Å². The van der Waals surface area contributed by atoms with Gasteiger partial charge in [0.1, 0.15) is 0 Å². The van der Waals surface area contributed by atoms with Crippen LogP contribution in [-0.2, 0) is 11.4 Å². The van der Waals surface area contributed by atoms with E-state index >= 15 is 0 Å². The molecule has 0 aliphatic heterocycles. The van der Waals surface area contributed by atoms with Crippen LogP contribution in [0.2, 0.25) is 0 Å². The zero-order chi connectivity index (χ0) is 10.4. The summed E-state index contributed by atoms with van der Waals surface area (Å²) in [6.07, 6.45) is -2.53. The normalized spacial score (nSPS) is 10.9. The zero-order valence-corrected chi connectivity index (χ0v) is 7.34. The van der Waals surface area contributed by atoms with Crippen LogP contribution in [0.4, 0.5) is 13.2 Å². The second-order valence-corrected chi connectivity index (χ2v) is 2.57. The lowest BCUT2D eigenvalue weighted by Crippen LogP contribution is -2.14. The summed E-state index contributed by atoms with van der Waals surface area (Å²) >= 11 is 0. The largest absolute Gasteiger partial charge is 0.268 e. The third-order valence-corrected chi connectivity index (χ3v) is 1.71. The molecule has 0 amide bonds. The molecule has 78 valence electrons. The third kappa shape index (κ3) is 3.01. The highest BCUT2D eigenvalue weighted by molar-refractivity contribution is 5.27. The molecule has 0 fully saturated rings. The molecule has 0 bridgehead atoms. The Kier molecular flexibility index (Phi) is 4.42. The van der Waals surface area contributed by atoms with Crippen LogP contribution in [0.5, 0.6) is 0 Å². The summed E-state index contributed by atoms with van der Waals surface area (Å²) in [6, 6.07) is 6.03. The summed E-state index contributed by atoms with van der Waals surface area (Å²) in [5, 5.41) is 0. The van der Waals surface area contributed by atoms with Crippen molar-refractivity contribution in [1.29, 1.82) is 0 Å². The monoisotopic (exact) mass is 205 g/mol. The van der Waals surface area contributed by atoms with Crippen molar-refractivity contribution in [2.75, 3.05) is 6.86 Å². The molecule has 1 N–H and O–H groups in total. The number of hydrogen-bond acceptors (Lipinski definition) is 2. The Balaban J connectivity index is 2.64. The highest BCUT2D eigenvalue weighted by Crippen LogP contribution is 2.22. The standard InChI is InChI=1S/C9H10F3NO/c10-6-14-13-5-7-3-1-2-4-8(7)9(11)12/h1-4,9,13H,5-6H2. The molecule has 0 radical (unpaired) electrons.